The van der Waals surface area contributed by atoms with Gasteiger partial charge >= 0.3 is 5.97 Å². The smallest absolute Gasteiger partial charge is 0.312 e. The van der Waals surface area contributed by atoms with E-state index in [1.807, 2.05) is 24.3 Å². The minimum Gasteiger partial charge on any atom is -0.465 e. The number of halogens is 1. The Labute approximate surface area is 338 Å². The van der Waals surface area contributed by atoms with Crippen molar-refractivity contribution in [2.75, 3.05) is 39.3 Å². The van der Waals surface area contributed by atoms with Crippen molar-refractivity contribution in [2.24, 2.45) is 56.7 Å². The van der Waals surface area contributed by atoms with E-state index in [9.17, 15) is 9.90 Å². The average Bonchev–Trinajstić information content (AvgIpc) is 3.63. The van der Waals surface area contributed by atoms with Gasteiger partial charge in [0.15, 0.2) is 0 Å². The topological polar surface area (TPSA) is 91.9 Å². The fourth-order valence-electron chi connectivity index (χ4n) is 13.8. The molecule has 10 atom stereocenters. The number of hydrogen-bond donors (Lipinski definition) is 1. The Morgan fingerprint density at radius 2 is 1.71 bits per heavy atom. The van der Waals surface area contributed by atoms with Gasteiger partial charge in [-0.05, 0) is 134 Å². The third kappa shape index (κ3) is 6.52. The maximum Gasteiger partial charge on any atom is 0.312 e. The second-order valence-corrected chi connectivity index (χ2v) is 21.2. The largest absolute Gasteiger partial charge is 0.465 e. The molecule has 5 aliphatic carbocycles. The fraction of sp³-hybridized carbons (Fsp3) is 0.761. The van der Waals surface area contributed by atoms with Gasteiger partial charge in [-0.2, -0.15) is 0 Å². The highest BCUT2D eigenvalue weighted by Gasteiger charge is 2.69. The van der Waals surface area contributed by atoms with Crippen LogP contribution in [0.3, 0.4) is 0 Å². The first-order valence-electron chi connectivity index (χ1n) is 21.7. The number of aliphatic hydroxyl groups is 1. The molecular weight excluding hydrogens is 752 g/mol. The highest BCUT2D eigenvalue weighted by molar-refractivity contribution is 9.10. The maximum absolute atomic E-state index is 14.6. The lowest BCUT2D eigenvalue weighted by molar-refractivity contribution is -0.207. The lowest BCUT2D eigenvalue weighted by Crippen LogP contribution is -2.65. The van der Waals surface area contributed by atoms with E-state index in [0.717, 1.165) is 94.1 Å². The van der Waals surface area contributed by atoms with E-state index >= 15 is 0 Å². The van der Waals surface area contributed by atoms with Crippen LogP contribution in [-0.2, 0) is 16.1 Å². The van der Waals surface area contributed by atoms with Gasteiger partial charge in [0.05, 0.1) is 24.7 Å². The minimum atomic E-state index is -0.407. The number of aromatic nitrogens is 2. The number of aliphatic hydroxyl groups excluding tert-OH is 1. The zero-order chi connectivity index (χ0) is 39.0. The molecule has 0 amide bonds. The molecule has 2 aromatic rings. The summed E-state index contributed by atoms with van der Waals surface area (Å²) < 4.78 is 13.4. The molecule has 1 aliphatic heterocycles. The van der Waals surface area contributed by atoms with Gasteiger partial charge in [0, 0.05) is 42.8 Å². The molecule has 5 fully saturated rings. The molecule has 0 unspecified atom stereocenters. The van der Waals surface area contributed by atoms with Crippen molar-refractivity contribution < 1.29 is 19.1 Å². The average molecular weight is 820 g/mol. The van der Waals surface area contributed by atoms with Crippen LogP contribution in [0.25, 0.3) is 11.5 Å². The number of nitrogens with zero attached hydrogens (tertiary/aromatic N) is 4. The molecular formula is C46H67BrN4O4. The van der Waals surface area contributed by atoms with Crippen molar-refractivity contribution in [3.8, 4) is 11.5 Å². The zero-order valence-electron chi connectivity index (χ0n) is 34.7. The number of carbonyl (C=O) groups excluding carboxylic acids is 1. The molecule has 8 nitrogen and oxygen atoms in total. The van der Waals surface area contributed by atoms with Crippen LogP contribution >= 0.6 is 15.9 Å². The van der Waals surface area contributed by atoms with Gasteiger partial charge in [-0.15, -0.1) is 10.2 Å². The van der Waals surface area contributed by atoms with Crippen molar-refractivity contribution in [1.29, 1.82) is 0 Å². The quantitative estimate of drug-likeness (QED) is 0.160. The molecule has 0 radical (unpaired) electrons. The first-order valence-corrected chi connectivity index (χ1v) is 22.5. The number of hydrogen-bond acceptors (Lipinski definition) is 8. The molecule has 8 rings (SSSR count). The monoisotopic (exact) mass is 818 g/mol. The highest BCUT2D eigenvalue weighted by atomic mass is 79.9. The molecule has 1 aromatic heterocycles. The Hall–Kier alpha value is -2.07. The summed E-state index contributed by atoms with van der Waals surface area (Å²) in [5, 5.41) is 19.7. The molecule has 0 bridgehead atoms. The van der Waals surface area contributed by atoms with Gasteiger partial charge < -0.3 is 19.2 Å². The molecule has 0 spiro atoms. The number of allylic oxidation sites excluding steroid dienone is 2. The number of esters is 1. The number of rotatable bonds is 8. The SMILES string of the molecule is C[C@H]1[C@H](C)CC[C@]2(C(=O)OCCCN3CCN(Cc4nnc(-c5cccc(Br)c5)o4)CC3)CC[C@]3(C)C(=CC[C@@H]4[C@@]5(C)CC[C@H](O)C(C)(C)[C@@H]5CC[C@]43C)[C@H]12. The summed E-state index contributed by atoms with van der Waals surface area (Å²) in [7, 11) is 0. The summed E-state index contributed by atoms with van der Waals surface area (Å²) >= 11 is 3.52. The van der Waals surface area contributed by atoms with Gasteiger partial charge in [0.2, 0.25) is 11.8 Å². The molecule has 1 N–H and O–H groups in total. The third-order valence-corrected chi connectivity index (χ3v) is 18.1. The van der Waals surface area contributed by atoms with Crippen LogP contribution in [0, 0.1) is 56.7 Å². The van der Waals surface area contributed by atoms with E-state index in [4.69, 9.17) is 9.15 Å². The van der Waals surface area contributed by atoms with Crippen molar-refractivity contribution in [2.45, 2.75) is 125 Å². The van der Waals surface area contributed by atoms with E-state index < -0.39 is 5.41 Å². The molecule has 4 saturated carbocycles. The standard InChI is InChI=1S/C46H67BrN4O4/c1-30-14-19-46(41(53)54-27-9-22-50-23-25-51(26-24-50)29-38-48-49-40(55-38)32-10-8-11-33(47)28-32)21-20-44(6)34(39(46)31(30)2)12-13-36-43(5)17-16-37(52)42(3,4)35(43)15-18-45(36,44)7/h8,10-12,28,30-31,35-37,39,52H,9,13-27,29H2,1-7H3/t30-,31+,35+,36-,37+,39+,43+,44-,45-,46+/m1/s1. The van der Waals surface area contributed by atoms with Crippen LogP contribution in [0.2, 0.25) is 0 Å². The third-order valence-electron chi connectivity index (χ3n) is 17.6. The summed E-state index contributed by atoms with van der Waals surface area (Å²) in [6, 6.07) is 7.93. The van der Waals surface area contributed by atoms with Gasteiger partial charge in [-0.3, -0.25) is 9.69 Å². The van der Waals surface area contributed by atoms with Crippen molar-refractivity contribution in [3.05, 3.63) is 46.3 Å². The molecule has 9 heteroatoms. The first kappa shape index (κ1) is 39.7. The van der Waals surface area contributed by atoms with Gasteiger partial charge in [0.1, 0.15) is 0 Å². The van der Waals surface area contributed by atoms with Gasteiger partial charge in [-0.25, -0.2) is 0 Å². The van der Waals surface area contributed by atoms with Crippen LogP contribution in [0.4, 0.5) is 0 Å². The molecule has 6 aliphatic rings. The Bertz CT molecular complexity index is 1770. The summed E-state index contributed by atoms with van der Waals surface area (Å²) in [4.78, 5) is 19.4. The second-order valence-electron chi connectivity index (χ2n) is 20.3. The predicted molar refractivity (Wildman–Crippen MR) is 220 cm³/mol. The lowest BCUT2D eigenvalue weighted by atomic mass is 9.33. The first-order chi connectivity index (χ1) is 26.1. The fourth-order valence-corrected chi connectivity index (χ4v) is 14.2. The van der Waals surface area contributed by atoms with Crippen molar-refractivity contribution in [1.82, 2.24) is 20.0 Å². The van der Waals surface area contributed by atoms with Gasteiger partial charge in [0.25, 0.3) is 0 Å². The van der Waals surface area contributed by atoms with Crippen molar-refractivity contribution >= 4 is 21.9 Å². The Morgan fingerprint density at radius 1 is 0.945 bits per heavy atom. The number of fused-ring (bicyclic) bond motifs is 7. The Kier molecular flexibility index (Phi) is 10.6. The van der Waals surface area contributed by atoms with E-state index in [1.165, 1.54) is 12.8 Å². The molecule has 2 heterocycles. The number of benzene rings is 1. The maximum atomic E-state index is 14.6. The Balaban J connectivity index is 0.890. The van der Waals surface area contributed by atoms with Crippen LogP contribution in [-0.4, -0.2) is 76.5 Å². The lowest BCUT2D eigenvalue weighted by Gasteiger charge is -2.71. The van der Waals surface area contributed by atoms with Crippen molar-refractivity contribution in [3.63, 3.8) is 0 Å². The van der Waals surface area contributed by atoms with E-state index in [-0.39, 0.29) is 39.7 Å². The normalized spacial score (nSPS) is 40.3. The molecule has 1 saturated heterocycles. The van der Waals surface area contributed by atoms with E-state index in [2.05, 4.69) is 90.5 Å². The zero-order valence-corrected chi connectivity index (χ0v) is 36.3. The van der Waals surface area contributed by atoms with Crippen LogP contribution in [0.15, 0.2) is 44.8 Å². The van der Waals surface area contributed by atoms with Crippen LogP contribution in [0.1, 0.15) is 119 Å². The van der Waals surface area contributed by atoms with Gasteiger partial charge in [-0.1, -0.05) is 82.1 Å². The number of ether oxygens (including phenoxy) is 1. The second kappa shape index (κ2) is 14.6. The van der Waals surface area contributed by atoms with Crippen LogP contribution in [0.5, 0.6) is 0 Å². The molecule has 55 heavy (non-hydrogen) atoms. The summed E-state index contributed by atoms with van der Waals surface area (Å²) in [5.74, 6) is 3.74. The molecule has 302 valence electrons. The number of carbonyl (C=O) groups is 1. The highest BCUT2D eigenvalue weighted by Crippen LogP contribution is 2.75. The predicted octanol–water partition coefficient (Wildman–Crippen LogP) is 9.57. The number of piperazine rings is 1. The van der Waals surface area contributed by atoms with Crippen LogP contribution < -0.4 is 0 Å². The Morgan fingerprint density at radius 3 is 2.47 bits per heavy atom. The minimum absolute atomic E-state index is 0.0472. The van der Waals surface area contributed by atoms with E-state index in [1.54, 1.807) is 5.57 Å². The molecule has 1 aromatic carbocycles. The van der Waals surface area contributed by atoms with E-state index in [0.29, 0.717) is 48.6 Å². The summed E-state index contributed by atoms with van der Waals surface area (Å²) in [6.45, 7) is 23.3. The summed E-state index contributed by atoms with van der Waals surface area (Å²) in [5.41, 5.74) is 2.56. The summed E-state index contributed by atoms with van der Waals surface area (Å²) in [6.07, 6.45) is 13.0.